The third-order valence-corrected chi connectivity index (χ3v) is 7.88. The maximum atomic E-state index is 2.60. The Morgan fingerprint density at radius 3 is 2.27 bits per heavy atom. The van der Waals surface area contributed by atoms with E-state index in [0.717, 1.165) is 0 Å². The summed E-state index contributed by atoms with van der Waals surface area (Å²) in [6, 6.07) is 4.91. The van der Waals surface area contributed by atoms with Crippen LogP contribution in [0.1, 0.15) is 39.0 Å². The first-order valence-corrected chi connectivity index (χ1v) is 8.39. The molecular formula is C10H22Si. The minimum atomic E-state index is -0.547. The molecule has 1 rings (SSSR count). The first-order chi connectivity index (χ1) is 5.27. The van der Waals surface area contributed by atoms with Crippen LogP contribution in [-0.2, 0) is 0 Å². The summed E-state index contributed by atoms with van der Waals surface area (Å²) in [5.41, 5.74) is 0. The molecule has 0 nitrogen and oxygen atoms in total. The molecule has 1 heterocycles. The van der Waals surface area contributed by atoms with E-state index in [-0.39, 0.29) is 0 Å². The molecular weight excluding hydrogens is 148 g/mol. The van der Waals surface area contributed by atoms with Gasteiger partial charge in [-0.05, 0) is 0 Å². The molecule has 0 unspecified atom stereocenters. The van der Waals surface area contributed by atoms with Crippen molar-refractivity contribution in [1.29, 1.82) is 0 Å². The lowest BCUT2D eigenvalue weighted by molar-refractivity contribution is 0.687. The summed E-state index contributed by atoms with van der Waals surface area (Å²) in [4.78, 5) is 0. The van der Waals surface area contributed by atoms with Crippen LogP contribution in [0.25, 0.3) is 0 Å². The lowest BCUT2D eigenvalue weighted by Gasteiger charge is -2.36. The molecule has 1 saturated heterocycles. The Morgan fingerprint density at radius 2 is 1.82 bits per heavy atom. The first-order valence-electron chi connectivity index (χ1n) is 5.27. The van der Waals surface area contributed by atoms with E-state index >= 15 is 0 Å². The molecule has 1 heteroatoms. The van der Waals surface area contributed by atoms with Gasteiger partial charge < -0.3 is 0 Å². The van der Waals surface area contributed by atoms with Gasteiger partial charge in [0.05, 0.1) is 8.07 Å². The first kappa shape index (κ1) is 9.31. The summed E-state index contributed by atoms with van der Waals surface area (Å²) in [5, 5.41) is 0. The number of rotatable bonds is 5. The minimum Gasteiger partial charge on any atom is -0.0691 e. The molecule has 0 N–H and O–H groups in total. The molecule has 66 valence electrons. The molecule has 1 aliphatic rings. The van der Waals surface area contributed by atoms with Crippen LogP contribution in [0.15, 0.2) is 0 Å². The van der Waals surface area contributed by atoms with Crippen LogP contribution >= 0.6 is 0 Å². The van der Waals surface area contributed by atoms with Crippen molar-refractivity contribution >= 4 is 8.07 Å². The van der Waals surface area contributed by atoms with Gasteiger partial charge in [-0.25, -0.2) is 0 Å². The van der Waals surface area contributed by atoms with Crippen molar-refractivity contribution in [3.8, 4) is 0 Å². The van der Waals surface area contributed by atoms with Crippen molar-refractivity contribution < 1.29 is 0 Å². The van der Waals surface area contributed by atoms with E-state index in [1.54, 1.807) is 24.6 Å². The van der Waals surface area contributed by atoms with E-state index in [4.69, 9.17) is 0 Å². The summed E-state index contributed by atoms with van der Waals surface area (Å²) in [6.45, 7) is 4.89. The van der Waals surface area contributed by atoms with Gasteiger partial charge in [-0.15, -0.1) is 0 Å². The van der Waals surface area contributed by atoms with E-state index in [1.807, 2.05) is 0 Å². The van der Waals surface area contributed by atoms with Gasteiger partial charge in [-0.1, -0.05) is 63.7 Å². The predicted octanol–water partition coefficient (Wildman–Crippen LogP) is 4.05. The topological polar surface area (TPSA) is 0 Å². The van der Waals surface area contributed by atoms with Gasteiger partial charge in [0.2, 0.25) is 0 Å². The molecule has 0 saturated carbocycles. The Labute approximate surface area is 72.4 Å². The van der Waals surface area contributed by atoms with Crippen LogP contribution in [0.4, 0.5) is 0 Å². The van der Waals surface area contributed by atoms with Crippen molar-refractivity contribution in [3.63, 3.8) is 0 Å². The minimum absolute atomic E-state index is 0.547. The average Bonchev–Trinajstić information content (AvgIpc) is 1.95. The predicted molar refractivity (Wildman–Crippen MR) is 54.8 cm³/mol. The Balaban J connectivity index is 1.94. The molecule has 0 aliphatic carbocycles. The van der Waals surface area contributed by atoms with Crippen LogP contribution in [-0.4, -0.2) is 8.07 Å². The highest BCUT2D eigenvalue weighted by atomic mass is 28.3. The summed E-state index contributed by atoms with van der Waals surface area (Å²) >= 11 is 0. The molecule has 0 amide bonds. The highest BCUT2D eigenvalue weighted by Crippen LogP contribution is 2.36. The zero-order valence-corrected chi connectivity index (χ0v) is 9.16. The van der Waals surface area contributed by atoms with Crippen LogP contribution in [0, 0.1) is 0 Å². The Bertz CT molecular complexity index is 105. The normalized spacial score (nSPS) is 21.3. The van der Waals surface area contributed by atoms with Crippen LogP contribution < -0.4 is 0 Å². The zero-order chi connectivity index (χ0) is 8.16. The zero-order valence-electron chi connectivity index (χ0n) is 8.16. The fourth-order valence-electron chi connectivity index (χ4n) is 2.01. The van der Waals surface area contributed by atoms with Crippen molar-refractivity contribution in [3.05, 3.63) is 0 Å². The molecule has 0 aromatic carbocycles. The monoisotopic (exact) mass is 170 g/mol. The lowest BCUT2D eigenvalue weighted by Crippen LogP contribution is -2.37. The molecule has 1 aliphatic heterocycles. The molecule has 0 spiro atoms. The van der Waals surface area contributed by atoms with Gasteiger partial charge in [0.15, 0.2) is 0 Å². The molecule has 0 radical (unpaired) electrons. The number of unbranched alkanes of at least 4 members (excludes halogenated alkanes) is 3. The second-order valence-electron chi connectivity index (χ2n) is 4.47. The summed E-state index contributed by atoms with van der Waals surface area (Å²) in [7, 11) is -0.547. The fourth-order valence-corrected chi connectivity index (χ4v) is 5.17. The second kappa shape index (κ2) is 4.29. The lowest BCUT2D eigenvalue weighted by atomic mass is 10.2. The maximum Gasteiger partial charge on any atom is 0.0504 e. The van der Waals surface area contributed by atoms with Crippen molar-refractivity contribution in [1.82, 2.24) is 0 Å². The molecule has 1 fully saturated rings. The molecule has 11 heavy (non-hydrogen) atoms. The van der Waals surface area contributed by atoms with E-state index in [2.05, 4.69) is 13.5 Å². The highest BCUT2D eigenvalue weighted by Gasteiger charge is 2.32. The largest absolute Gasteiger partial charge is 0.0691 e. The van der Waals surface area contributed by atoms with E-state index in [9.17, 15) is 0 Å². The maximum absolute atomic E-state index is 2.60. The summed E-state index contributed by atoms with van der Waals surface area (Å²) < 4.78 is 0. The van der Waals surface area contributed by atoms with Gasteiger partial charge in [0, 0.05) is 0 Å². The standard InChI is InChI=1S/C10H22Si/c1-3-4-5-6-8-11(2)9-7-10-11/h3-10H2,1-2H3. The van der Waals surface area contributed by atoms with Crippen molar-refractivity contribution in [2.24, 2.45) is 0 Å². The summed E-state index contributed by atoms with van der Waals surface area (Å²) in [6.07, 6.45) is 7.44. The van der Waals surface area contributed by atoms with E-state index in [1.165, 1.54) is 25.7 Å². The number of hydrogen-bond acceptors (Lipinski definition) is 0. The van der Waals surface area contributed by atoms with Gasteiger partial charge in [-0.2, -0.15) is 0 Å². The smallest absolute Gasteiger partial charge is 0.0504 e. The molecule has 0 bridgehead atoms. The highest BCUT2D eigenvalue weighted by molar-refractivity contribution is 6.81. The molecule has 0 aromatic rings. The van der Waals surface area contributed by atoms with Crippen LogP contribution in [0.3, 0.4) is 0 Å². The van der Waals surface area contributed by atoms with Gasteiger partial charge in [0.25, 0.3) is 0 Å². The van der Waals surface area contributed by atoms with Gasteiger partial charge in [-0.3, -0.25) is 0 Å². The summed E-state index contributed by atoms with van der Waals surface area (Å²) in [5.74, 6) is 0. The molecule has 0 aromatic heterocycles. The second-order valence-corrected chi connectivity index (χ2v) is 9.60. The van der Waals surface area contributed by atoms with Gasteiger partial charge in [0.1, 0.15) is 0 Å². The Morgan fingerprint density at radius 1 is 1.09 bits per heavy atom. The average molecular weight is 170 g/mol. The van der Waals surface area contributed by atoms with E-state index in [0.29, 0.717) is 0 Å². The Hall–Kier alpha value is 0.217. The molecule has 0 atom stereocenters. The van der Waals surface area contributed by atoms with Gasteiger partial charge >= 0.3 is 0 Å². The van der Waals surface area contributed by atoms with Crippen molar-refractivity contribution in [2.75, 3.05) is 0 Å². The third-order valence-electron chi connectivity index (χ3n) is 3.19. The fraction of sp³-hybridized carbons (Fsp3) is 1.00. The van der Waals surface area contributed by atoms with Crippen molar-refractivity contribution in [2.45, 2.75) is 63.7 Å². The SMILES string of the molecule is CCCCCC[Si]1(C)CCC1. The van der Waals surface area contributed by atoms with Crippen LogP contribution in [0.2, 0.25) is 24.7 Å². The quantitative estimate of drug-likeness (QED) is 0.431. The number of hydrogen-bond donors (Lipinski definition) is 0. The third kappa shape index (κ3) is 2.98. The van der Waals surface area contributed by atoms with Crippen LogP contribution in [0.5, 0.6) is 0 Å². The van der Waals surface area contributed by atoms with E-state index < -0.39 is 8.07 Å². The Kier molecular flexibility index (Phi) is 3.63.